The molecule has 19 heavy (non-hydrogen) atoms. The van der Waals surface area contributed by atoms with Gasteiger partial charge in [0.1, 0.15) is 13.2 Å². The van der Waals surface area contributed by atoms with Gasteiger partial charge < -0.3 is 14.8 Å². The van der Waals surface area contributed by atoms with Gasteiger partial charge in [0, 0.05) is 16.6 Å². The maximum Gasteiger partial charge on any atom is 0.163 e. The Hall–Kier alpha value is -1.20. The minimum Gasteiger partial charge on any atom is -0.486 e. The first-order valence-corrected chi connectivity index (χ1v) is 7.75. The highest BCUT2D eigenvalue weighted by atomic mass is 79.9. The van der Waals surface area contributed by atoms with Gasteiger partial charge in [0.25, 0.3) is 0 Å². The van der Waals surface area contributed by atoms with Gasteiger partial charge in [0.15, 0.2) is 11.5 Å². The lowest BCUT2D eigenvalue weighted by atomic mass is 10.2. The highest BCUT2D eigenvalue weighted by Gasteiger charge is 2.13. The first-order chi connectivity index (χ1) is 9.22. The second-order valence-corrected chi connectivity index (χ2v) is 6.86. The zero-order valence-electron chi connectivity index (χ0n) is 10.5. The fraction of sp³-hybridized carbons (Fsp3) is 0.286. The summed E-state index contributed by atoms with van der Waals surface area (Å²) in [5.41, 5.74) is 1.04. The zero-order valence-corrected chi connectivity index (χ0v) is 12.9. The standard InChI is InChI=1S/C14H14BrNO2S/c1-9(13-4-5-14(15)19-13)16-10-2-3-11-12(8-10)18-7-6-17-11/h2-5,8-9,16H,6-7H2,1H3. The van der Waals surface area contributed by atoms with E-state index in [1.54, 1.807) is 11.3 Å². The molecule has 1 aliphatic rings. The Morgan fingerprint density at radius 3 is 2.68 bits per heavy atom. The summed E-state index contributed by atoms with van der Waals surface area (Å²) in [6, 6.07) is 10.4. The summed E-state index contributed by atoms with van der Waals surface area (Å²) in [5.74, 6) is 1.64. The van der Waals surface area contributed by atoms with Gasteiger partial charge in [-0.15, -0.1) is 11.3 Å². The van der Waals surface area contributed by atoms with Gasteiger partial charge in [-0.3, -0.25) is 0 Å². The fourth-order valence-corrected chi connectivity index (χ4v) is 3.44. The Balaban J connectivity index is 1.76. The van der Waals surface area contributed by atoms with E-state index < -0.39 is 0 Å². The van der Waals surface area contributed by atoms with Crippen LogP contribution in [0.1, 0.15) is 17.8 Å². The number of thiophene rings is 1. The molecule has 3 nitrogen and oxygen atoms in total. The molecule has 5 heteroatoms. The predicted octanol–water partition coefficient (Wildman–Crippen LogP) is 4.45. The van der Waals surface area contributed by atoms with Crippen LogP contribution in [0.2, 0.25) is 0 Å². The normalized spacial score (nSPS) is 15.1. The molecule has 1 aromatic carbocycles. The molecule has 0 saturated heterocycles. The topological polar surface area (TPSA) is 30.5 Å². The van der Waals surface area contributed by atoms with Crippen molar-refractivity contribution < 1.29 is 9.47 Å². The lowest BCUT2D eigenvalue weighted by molar-refractivity contribution is 0.171. The summed E-state index contributed by atoms with van der Waals surface area (Å²) in [6.45, 7) is 3.39. The molecule has 0 saturated carbocycles. The number of anilines is 1. The maximum atomic E-state index is 5.59. The number of hydrogen-bond donors (Lipinski definition) is 1. The van der Waals surface area contributed by atoms with Crippen LogP contribution in [-0.4, -0.2) is 13.2 Å². The van der Waals surface area contributed by atoms with Crippen LogP contribution in [0, 0.1) is 0 Å². The molecule has 1 atom stereocenters. The molecular formula is C14H14BrNO2S. The van der Waals surface area contributed by atoms with Crippen LogP contribution in [0.3, 0.4) is 0 Å². The third-order valence-corrected chi connectivity index (χ3v) is 4.75. The van der Waals surface area contributed by atoms with Gasteiger partial charge in [0.05, 0.1) is 9.83 Å². The molecule has 100 valence electrons. The molecule has 0 aliphatic carbocycles. The molecule has 1 aromatic heterocycles. The van der Waals surface area contributed by atoms with E-state index in [0.717, 1.165) is 21.0 Å². The van der Waals surface area contributed by atoms with Gasteiger partial charge in [-0.2, -0.15) is 0 Å². The van der Waals surface area contributed by atoms with Crippen molar-refractivity contribution in [3.05, 3.63) is 39.0 Å². The highest BCUT2D eigenvalue weighted by molar-refractivity contribution is 9.11. The second-order valence-electron chi connectivity index (χ2n) is 4.37. The minimum atomic E-state index is 0.263. The molecule has 2 aromatic rings. The maximum absolute atomic E-state index is 5.59. The molecule has 3 rings (SSSR count). The average Bonchev–Trinajstić information content (AvgIpc) is 2.85. The Labute approximate surface area is 124 Å². The molecule has 0 fully saturated rings. The lowest BCUT2D eigenvalue weighted by Gasteiger charge is -2.20. The number of fused-ring (bicyclic) bond motifs is 1. The number of halogens is 1. The third-order valence-electron chi connectivity index (χ3n) is 2.95. The van der Waals surface area contributed by atoms with Crippen molar-refractivity contribution in [1.29, 1.82) is 0 Å². The van der Waals surface area contributed by atoms with Crippen LogP contribution in [0.4, 0.5) is 5.69 Å². The van der Waals surface area contributed by atoms with Crippen molar-refractivity contribution in [2.75, 3.05) is 18.5 Å². The van der Waals surface area contributed by atoms with Crippen molar-refractivity contribution in [3.8, 4) is 11.5 Å². The summed E-state index contributed by atoms with van der Waals surface area (Å²) >= 11 is 5.23. The van der Waals surface area contributed by atoms with E-state index in [1.165, 1.54) is 4.88 Å². The molecule has 1 aliphatic heterocycles. The van der Waals surface area contributed by atoms with Crippen LogP contribution < -0.4 is 14.8 Å². The molecule has 0 bridgehead atoms. The van der Waals surface area contributed by atoms with Crippen molar-refractivity contribution in [1.82, 2.24) is 0 Å². The molecule has 0 amide bonds. The van der Waals surface area contributed by atoms with Gasteiger partial charge in [-0.05, 0) is 47.1 Å². The van der Waals surface area contributed by atoms with Crippen LogP contribution in [0.15, 0.2) is 34.1 Å². The third kappa shape index (κ3) is 2.87. The Kier molecular flexibility index (Phi) is 3.66. The summed E-state index contributed by atoms with van der Waals surface area (Å²) in [4.78, 5) is 1.29. The first-order valence-electron chi connectivity index (χ1n) is 6.14. The second kappa shape index (κ2) is 5.43. The van der Waals surface area contributed by atoms with E-state index in [0.29, 0.717) is 13.2 Å². The summed E-state index contributed by atoms with van der Waals surface area (Å²) < 4.78 is 12.3. The van der Waals surface area contributed by atoms with Crippen LogP contribution in [0.5, 0.6) is 11.5 Å². The van der Waals surface area contributed by atoms with Gasteiger partial charge >= 0.3 is 0 Å². The molecule has 0 spiro atoms. The number of ether oxygens (including phenoxy) is 2. The summed E-state index contributed by atoms with van der Waals surface area (Å²) in [5, 5.41) is 3.48. The summed E-state index contributed by atoms with van der Waals surface area (Å²) in [7, 11) is 0. The minimum absolute atomic E-state index is 0.263. The van der Waals surface area contributed by atoms with E-state index in [4.69, 9.17) is 9.47 Å². The van der Waals surface area contributed by atoms with E-state index in [-0.39, 0.29) is 6.04 Å². The van der Waals surface area contributed by atoms with Gasteiger partial charge in [-0.1, -0.05) is 0 Å². The van der Waals surface area contributed by atoms with Crippen LogP contribution in [0.25, 0.3) is 0 Å². The van der Waals surface area contributed by atoms with Crippen molar-refractivity contribution in [2.45, 2.75) is 13.0 Å². The fourth-order valence-electron chi connectivity index (χ4n) is 2.02. The van der Waals surface area contributed by atoms with Gasteiger partial charge in [0.2, 0.25) is 0 Å². The largest absolute Gasteiger partial charge is 0.486 e. The van der Waals surface area contributed by atoms with Crippen LogP contribution in [-0.2, 0) is 0 Å². The summed E-state index contributed by atoms with van der Waals surface area (Å²) in [6.07, 6.45) is 0. The van der Waals surface area contributed by atoms with E-state index >= 15 is 0 Å². The van der Waals surface area contributed by atoms with Crippen molar-refractivity contribution in [3.63, 3.8) is 0 Å². The number of nitrogens with one attached hydrogen (secondary N) is 1. The molecule has 1 N–H and O–H groups in total. The molecule has 2 heterocycles. The Morgan fingerprint density at radius 1 is 1.16 bits per heavy atom. The zero-order chi connectivity index (χ0) is 13.2. The number of benzene rings is 1. The highest BCUT2D eigenvalue weighted by Crippen LogP contribution is 2.35. The predicted molar refractivity (Wildman–Crippen MR) is 81.5 cm³/mol. The number of rotatable bonds is 3. The molecule has 1 unspecified atom stereocenters. The quantitative estimate of drug-likeness (QED) is 0.895. The van der Waals surface area contributed by atoms with E-state index in [2.05, 4.69) is 40.3 Å². The monoisotopic (exact) mass is 339 g/mol. The Bertz CT molecular complexity index is 585. The number of hydrogen-bond acceptors (Lipinski definition) is 4. The molecule has 0 radical (unpaired) electrons. The SMILES string of the molecule is CC(Nc1ccc2c(c1)OCCO2)c1ccc(Br)s1. The lowest BCUT2D eigenvalue weighted by Crippen LogP contribution is -2.15. The van der Waals surface area contributed by atoms with Crippen LogP contribution >= 0.6 is 27.3 Å². The Morgan fingerprint density at radius 2 is 1.95 bits per heavy atom. The van der Waals surface area contributed by atoms with E-state index in [1.807, 2.05) is 18.2 Å². The average molecular weight is 340 g/mol. The smallest absolute Gasteiger partial charge is 0.163 e. The van der Waals surface area contributed by atoms with Crippen molar-refractivity contribution in [2.24, 2.45) is 0 Å². The van der Waals surface area contributed by atoms with E-state index in [9.17, 15) is 0 Å². The first kappa shape index (κ1) is 12.8. The van der Waals surface area contributed by atoms with Crippen molar-refractivity contribution >= 4 is 33.0 Å². The molecular weight excluding hydrogens is 326 g/mol. The van der Waals surface area contributed by atoms with Gasteiger partial charge in [-0.25, -0.2) is 0 Å².